The van der Waals surface area contributed by atoms with Crippen LogP contribution in [0.5, 0.6) is 11.5 Å². The average molecular weight is 440 g/mol. The maximum absolute atomic E-state index is 12.0. The van der Waals surface area contributed by atoms with E-state index in [2.05, 4.69) is 26.5 Å². The topological polar surface area (TPSA) is 59.9 Å². The fourth-order valence-electron chi connectivity index (χ4n) is 2.22. The standard InChI is InChI=1S/C19H20BrClN2O3/c1-3-25-17-10-14(9-16(21)19(17)26-4-2)12-22-23-18(24)11-13-5-7-15(20)8-6-13/h5-10,12H,3-4,11H2,1-2H3,(H,23,24)/b22-12+. The molecule has 0 aliphatic carbocycles. The van der Waals surface area contributed by atoms with Gasteiger partial charge < -0.3 is 9.47 Å². The number of nitrogens with one attached hydrogen (secondary N) is 1. The summed E-state index contributed by atoms with van der Waals surface area (Å²) in [6.07, 6.45) is 1.77. The number of benzene rings is 2. The molecule has 0 aliphatic rings. The van der Waals surface area contributed by atoms with Crippen LogP contribution in [-0.2, 0) is 11.2 Å². The molecule has 0 unspecified atom stereocenters. The van der Waals surface area contributed by atoms with Crippen molar-refractivity contribution >= 4 is 39.7 Å². The van der Waals surface area contributed by atoms with E-state index in [0.717, 1.165) is 10.0 Å². The van der Waals surface area contributed by atoms with Crippen molar-refractivity contribution in [2.45, 2.75) is 20.3 Å². The van der Waals surface area contributed by atoms with E-state index < -0.39 is 0 Å². The number of carbonyl (C=O) groups excluding carboxylic acids is 1. The number of hydrazone groups is 1. The van der Waals surface area contributed by atoms with Crippen LogP contribution < -0.4 is 14.9 Å². The Morgan fingerprint density at radius 3 is 2.54 bits per heavy atom. The van der Waals surface area contributed by atoms with Crippen molar-refractivity contribution in [3.63, 3.8) is 0 Å². The minimum Gasteiger partial charge on any atom is -0.490 e. The monoisotopic (exact) mass is 438 g/mol. The quantitative estimate of drug-likeness (QED) is 0.483. The largest absolute Gasteiger partial charge is 0.490 e. The molecule has 138 valence electrons. The van der Waals surface area contributed by atoms with Crippen molar-refractivity contribution in [2.24, 2.45) is 5.10 Å². The van der Waals surface area contributed by atoms with E-state index in [0.29, 0.717) is 35.3 Å². The number of hydrogen-bond acceptors (Lipinski definition) is 4. The highest BCUT2D eigenvalue weighted by Crippen LogP contribution is 2.36. The van der Waals surface area contributed by atoms with E-state index in [1.54, 1.807) is 12.1 Å². The third-order valence-corrected chi connectivity index (χ3v) is 4.11. The zero-order chi connectivity index (χ0) is 18.9. The third-order valence-electron chi connectivity index (χ3n) is 3.30. The number of nitrogens with zero attached hydrogens (tertiary/aromatic N) is 1. The van der Waals surface area contributed by atoms with Crippen molar-refractivity contribution in [3.05, 3.63) is 57.0 Å². The Labute approximate surface area is 166 Å². The molecule has 0 saturated heterocycles. The molecule has 0 aromatic heterocycles. The summed E-state index contributed by atoms with van der Waals surface area (Å²) in [4.78, 5) is 12.0. The lowest BCUT2D eigenvalue weighted by Crippen LogP contribution is -2.19. The first kappa shape index (κ1) is 20.3. The number of rotatable bonds is 8. The Bertz CT molecular complexity index is 779. The number of halogens is 2. The van der Waals surface area contributed by atoms with Gasteiger partial charge in [-0.2, -0.15) is 5.10 Å². The maximum atomic E-state index is 12.0. The highest BCUT2D eigenvalue weighted by Gasteiger charge is 2.11. The van der Waals surface area contributed by atoms with Gasteiger partial charge in [-0.25, -0.2) is 5.43 Å². The van der Waals surface area contributed by atoms with Crippen molar-refractivity contribution in [2.75, 3.05) is 13.2 Å². The molecule has 0 fully saturated rings. The maximum Gasteiger partial charge on any atom is 0.244 e. The number of amides is 1. The Morgan fingerprint density at radius 1 is 1.19 bits per heavy atom. The lowest BCUT2D eigenvalue weighted by atomic mass is 10.1. The van der Waals surface area contributed by atoms with Gasteiger partial charge in [-0.3, -0.25) is 4.79 Å². The van der Waals surface area contributed by atoms with E-state index in [1.165, 1.54) is 6.21 Å². The van der Waals surface area contributed by atoms with Gasteiger partial charge in [0.2, 0.25) is 5.91 Å². The molecular formula is C19H20BrClN2O3. The summed E-state index contributed by atoms with van der Waals surface area (Å²) in [6.45, 7) is 4.73. The van der Waals surface area contributed by atoms with Crippen LogP contribution in [0.15, 0.2) is 46.0 Å². The highest BCUT2D eigenvalue weighted by molar-refractivity contribution is 9.10. The zero-order valence-electron chi connectivity index (χ0n) is 14.6. The fourth-order valence-corrected chi connectivity index (χ4v) is 2.75. The van der Waals surface area contributed by atoms with Crippen LogP contribution in [0.3, 0.4) is 0 Å². The van der Waals surface area contributed by atoms with E-state index in [9.17, 15) is 4.79 Å². The lowest BCUT2D eigenvalue weighted by Gasteiger charge is -2.13. The van der Waals surface area contributed by atoms with E-state index in [1.807, 2.05) is 38.1 Å². The Morgan fingerprint density at radius 2 is 1.88 bits per heavy atom. The van der Waals surface area contributed by atoms with Gasteiger partial charge in [-0.1, -0.05) is 39.7 Å². The van der Waals surface area contributed by atoms with Gasteiger partial charge in [0.1, 0.15) is 0 Å². The molecule has 0 bridgehead atoms. The van der Waals surface area contributed by atoms with Crippen LogP contribution in [0.4, 0.5) is 0 Å². The second-order valence-electron chi connectivity index (χ2n) is 5.29. The molecule has 0 radical (unpaired) electrons. The molecule has 5 nitrogen and oxygen atoms in total. The SMILES string of the molecule is CCOc1cc(/C=N/NC(=O)Cc2ccc(Br)cc2)cc(Cl)c1OCC. The third kappa shape index (κ3) is 6.04. The van der Waals surface area contributed by atoms with Crippen LogP contribution in [0, 0.1) is 0 Å². The number of ether oxygens (including phenoxy) is 2. The zero-order valence-corrected chi connectivity index (χ0v) is 16.9. The normalized spacial score (nSPS) is 10.8. The smallest absolute Gasteiger partial charge is 0.244 e. The van der Waals surface area contributed by atoms with Crippen molar-refractivity contribution in [3.8, 4) is 11.5 Å². The molecule has 7 heteroatoms. The van der Waals surface area contributed by atoms with E-state index in [-0.39, 0.29) is 12.3 Å². The molecule has 0 atom stereocenters. The number of carbonyl (C=O) groups is 1. The Balaban J connectivity index is 2.02. The minimum absolute atomic E-state index is 0.203. The van der Waals surface area contributed by atoms with E-state index in [4.69, 9.17) is 21.1 Å². The summed E-state index contributed by atoms with van der Waals surface area (Å²) in [6, 6.07) is 11.0. The van der Waals surface area contributed by atoms with Crippen LogP contribution >= 0.6 is 27.5 Å². The van der Waals surface area contributed by atoms with Gasteiger partial charge in [0.25, 0.3) is 0 Å². The Hall–Kier alpha value is -2.05. The van der Waals surface area contributed by atoms with E-state index >= 15 is 0 Å². The lowest BCUT2D eigenvalue weighted by molar-refractivity contribution is -0.120. The summed E-state index contributed by atoms with van der Waals surface area (Å²) in [5.74, 6) is 0.850. The first-order chi connectivity index (χ1) is 12.5. The summed E-state index contributed by atoms with van der Waals surface area (Å²) >= 11 is 9.62. The molecule has 0 heterocycles. The van der Waals surface area contributed by atoms with Gasteiger partial charge >= 0.3 is 0 Å². The second kappa shape index (κ2) is 10.2. The van der Waals surface area contributed by atoms with Gasteiger partial charge in [0.15, 0.2) is 11.5 Å². The predicted molar refractivity (Wildman–Crippen MR) is 107 cm³/mol. The molecule has 2 rings (SSSR count). The summed E-state index contributed by atoms with van der Waals surface area (Å²) in [7, 11) is 0. The molecule has 0 spiro atoms. The van der Waals surface area contributed by atoms with Crippen molar-refractivity contribution in [1.29, 1.82) is 0 Å². The summed E-state index contributed by atoms with van der Waals surface area (Å²) in [5.41, 5.74) is 4.11. The van der Waals surface area contributed by atoms with Crippen LogP contribution in [0.2, 0.25) is 5.02 Å². The Kier molecular flexibility index (Phi) is 7.94. The van der Waals surface area contributed by atoms with Gasteiger partial charge in [-0.15, -0.1) is 0 Å². The van der Waals surface area contributed by atoms with Crippen LogP contribution in [-0.4, -0.2) is 25.3 Å². The molecule has 2 aromatic carbocycles. The molecule has 0 aliphatic heterocycles. The minimum atomic E-state index is -0.203. The average Bonchev–Trinajstić information content (AvgIpc) is 2.60. The van der Waals surface area contributed by atoms with Crippen molar-refractivity contribution < 1.29 is 14.3 Å². The molecule has 2 aromatic rings. The first-order valence-electron chi connectivity index (χ1n) is 8.19. The van der Waals surface area contributed by atoms with Gasteiger partial charge in [0.05, 0.1) is 30.9 Å². The molecule has 1 amide bonds. The summed E-state index contributed by atoms with van der Waals surface area (Å²) < 4.78 is 12.1. The van der Waals surface area contributed by atoms with Gasteiger partial charge in [0, 0.05) is 4.47 Å². The van der Waals surface area contributed by atoms with Gasteiger partial charge in [-0.05, 0) is 49.2 Å². The molecule has 0 saturated carbocycles. The van der Waals surface area contributed by atoms with Crippen molar-refractivity contribution in [1.82, 2.24) is 5.43 Å². The first-order valence-corrected chi connectivity index (χ1v) is 9.36. The summed E-state index contributed by atoms with van der Waals surface area (Å²) in [5, 5.41) is 4.42. The molecule has 26 heavy (non-hydrogen) atoms. The molecular weight excluding hydrogens is 420 g/mol. The predicted octanol–water partition coefficient (Wildman–Crippen LogP) is 4.59. The second-order valence-corrected chi connectivity index (χ2v) is 6.62. The number of hydrogen-bond donors (Lipinski definition) is 1. The van der Waals surface area contributed by atoms with Crippen LogP contribution in [0.1, 0.15) is 25.0 Å². The van der Waals surface area contributed by atoms with Crippen LogP contribution in [0.25, 0.3) is 0 Å². The fraction of sp³-hybridized carbons (Fsp3) is 0.263. The highest BCUT2D eigenvalue weighted by atomic mass is 79.9. The molecule has 1 N–H and O–H groups in total.